The fraction of sp³-hybridized carbons (Fsp3) is 0.967. The molecule has 228 valence electrons. The zero-order chi connectivity index (χ0) is 28.5. The Hall–Kier alpha value is -0.0700. The van der Waals surface area contributed by atoms with E-state index in [4.69, 9.17) is 14.0 Å². The first-order valence-electron chi connectivity index (χ1n) is 15.6. The molecule has 38 heavy (non-hydrogen) atoms. The van der Waals surface area contributed by atoms with Gasteiger partial charge in [0.15, 0.2) is 0 Å². The molecule has 0 aliphatic carbocycles. The van der Waals surface area contributed by atoms with Gasteiger partial charge in [-0.1, -0.05) is 110 Å². The molecule has 0 aromatic heterocycles. The van der Waals surface area contributed by atoms with Crippen molar-refractivity contribution in [1.82, 2.24) is 0 Å². The summed E-state index contributed by atoms with van der Waals surface area (Å²) in [6.07, 6.45) is 22.8. The van der Waals surface area contributed by atoms with Crippen molar-refractivity contribution in [2.24, 2.45) is 0 Å². The third-order valence-corrected chi connectivity index (χ3v) is 9.16. The van der Waals surface area contributed by atoms with E-state index in [1.54, 1.807) is 20.8 Å². The van der Waals surface area contributed by atoms with Crippen molar-refractivity contribution in [2.45, 2.75) is 168 Å². The summed E-state index contributed by atoms with van der Waals surface area (Å²) in [6, 6.07) is 0. The van der Waals surface area contributed by atoms with E-state index in [0.717, 1.165) is 6.42 Å². The average molecular weight is 581 g/mol. The van der Waals surface area contributed by atoms with Gasteiger partial charge < -0.3 is 14.4 Å². The molecule has 0 radical (unpaired) electrons. The zero-order valence-electron chi connectivity index (χ0n) is 25.4. The molecule has 0 spiro atoms. The van der Waals surface area contributed by atoms with Crippen molar-refractivity contribution in [1.29, 1.82) is 0 Å². The van der Waals surface area contributed by atoms with E-state index >= 15 is 0 Å². The minimum Gasteiger partial charge on any atom is -0.454 e. The molecular formula is C30H61O6PS. The number of unbranched alkanes of at least 4 members (excludes halogenated alkanes) is 14. The molecule has 0 aromatic carbocycles. The molecule has 0 saturated carbocycles. The van der Waals surface area contributed by atoms with Gasteiger partial charge in [0, 0.05) is 11.9 Å². The fourth-order valence-electron chi connectivity index (χ4n) is 4.28. The third-order valence-electron chi connectivity index (χ3n) is 6.62. The van der Waals surface area contributed by atoms with Crippen LogP contribution in [0.1, 0.15) is 150 Å². The fourth-order valence-corrected chi connectivity index (χ4v) is 6.44. The maximum atomic E-state index is 12.0. The lowest BCUT2D eigenvalue weighted by atomic mass is 10.1. The predicted octanol–water partition coefficient (Wildman–Crippen LogP) is 10.3. The van der Waals surface area contributed by atoms with E-state index < -0.39 is 19.4 Å². The zero-order valence-corrected chi connectivity index (χ0v) is 27.1. The SMILES string of the molecule is CCCCCCCCCCCCSC(CCCCCCCC)CCOC(C)COP(=O)(O)C(=O)OC(C)C. The Kier molecular flexibility index (Phi) is 25.8. The summed E-state index contributed by atoms with van der Waals surface area (Å²) in [4.78, 5) is 21.5. The minimum absolute atomic E-state index is 0.116. The van der Waals surface area contributed by atoms with Gasteiger partial charge in [0.05, 0.1) is 18.8 Å². The summed E-state index contributed by atoms with van der Waals surface area (Å²) >= 11 is 2.09. The summed E-state index contributed by atoms with van der Waals surface area (Å²) in [6.45, 7) is 10.0. The van der Waals surface area contributed by atoms with E-state index in [-0.39, 0.29) is 12.7 Å². The normalized spacial score (nSPS) is 14.9. The second-order valence-corrected chi connectivity index (χ2v) is 14.0. The van der Waals surface area contributed by atoms with Crippen LogP contribution in [0.25, 0.3) is 0 Å². The van der Waals surface area contributed by atoms with Crippen LogP contribution in [0.5, 0.6) is 0 Å². The van der Waals surface area contributed by atoms with Gasteiger partial charge in [0.1, 0.15) is 0 Å². The number of ether oxygens (including phenoxy) is 2. The van der Waals surface area contributed by atoms with Crippen LogP contribution in [0.15, 0.2) is 0 Å². The lowest BCUT2D eigenvalue weighted by molar-refractivity contribution is 0.0270. The molecule has 0 heterocycles. The number of hydrogen-bond acceptors (Lipinski definition) is 6. The Bertz CT molecular complexity index is 589. The highest BCUT2D eigenvalue weighted by molar-refractivity contribution is 7.99. The number of rotatable bonds is 28. The lowest BCUT2D eigenvalue weighted by Crippen LogP contribution is -2.20. The Labute approximate surface area is 239 Å². The van der Waals surface area contributed by atoms with Gasteiger partial charge in [-0.3, -0.25) is 4.52 Å². The second-order valence-electron chi connectivity index (χ2n) is 10.9. The first-order valence-corrected chi connectivity index (χ1v) is 18.3. The molecule has 1 N–H and O–H groups in total. The van der Waals surface area contributed by atoms with Gasteiger partial charge >= 0.3 is 13.3 Å². The molecule has 3 unspecified atom stereocenters. The summed E-state index contributed by atoms with van der Waals surface area (Å²) in [5.41, 5.74) is -1.21. The maximum absolute atomic E-state index is 12.0. The van der Waals surface area contributed by atoms with Crippen LogP contribution in [0, 0.1) is 0 Å². The Morgan fingerprint density at radius 1 is 0.763 bits per heavy atom. The van der Waals surface area contributed by atoms with Crippen molar-refractivity contribution in [3.05, 3.63) is 0 Å². The van der Waals surface area contributed by atoms with Crippen molar-refractivity contribution in [3.8, 4) is 0 Å². The summed E-state index contributed by atoms with van der Waals surface area (Å²) < 4.78 is 27.7. The van der Waals surface area contributed by atoms with Crippen LogP contribution in [0.3, 0.4) is 0 Å². The highest BCUT2D eigenvalue weighted by atomic mass is 32.2. The van der Waals surface area contributed by atoms with Gasteiger partial charge in [-0.25, -0.2) is 9.36 Å². The van der Waals surface area contributed by atoms with Crippen molar-refractivity contribution >= 4 is 25.1 Å². The van der Waals surface area contributed by atoms with Gasteiger partial charge in [-0.05, 0) is 45.8 Å². The number of thioether (sulfide) groups is 1. The number of carbonyl (C=O) groups is 1. The van der Waals surface area contributed by atoms with E-state index in [9.17, 15) is 14.3 Å². The van der Waals surface area contributed by atoms with Gasteiger partial charge in [0.2, 0.25) is 0 Å². The highest BCUT2D eigenvalue weighted by Gasteiger charge is 2.34. The minimum atomic E-state index is -4.45. The Balaban J connectivity index is 4.23. The molecule has 3 atom stereocenters. The molecule has 0 saturated heterocycles. The molecule has 8 heteroatoms. The second kappa shape index (κ2) is 25.9. The van der Waals surface area contributed by atoms with Crippen LogP contribution in [0.2, 0.25) is 0 Å². The lowest BCUT2D eigenvalue weighted by Gasteiger charge is -2.20. The van der Waals surface area contributed by atoms with Crippen LogP contribution in [0.4, 0.5) is 4.79 Å². The van der Waals surface area contributed by atoms with Crippen LogP contribution >= 0.6 is 19.4 Å². The smallest absolute Gasteiger partial charge is 0.435 e. The summed E-state index contributed by atoms with van der Waals surface area (Å²) in [5.74, 6) is 1.21. The molecular weight excluding hydrogens is 519 g/mol. The van der Waals surface area contributed by atoms with E-state index in [1.807, 2.05) is 0 Å². The molecule has 6 nitrogen and oxygen atoms in total. The molecule has 0 aliphatic rings. The largest absolute Gasteiger partial charge is 0.454 e. The molecule has 0 amide bonds. The first-order chi connectivity index (χ1) is 18.2. The van der Waals surface area contributed by atoms with Gasteiger partial charge in [-0.15, -0.1) is 0 Å². The topological polar surface area (TPSA) is 82.1 Å². The van der Waals surface area contributed by atoms with E-state index in [1.165, 1.54) is 115 Å². The Morgan fingerprint density at radius 2 is 1.26 bits per heavy atom. The molecule has 0 aromatic rings. The monoisotopic (exact) mass is 580 g/mol. The summed E-state index contributed by atoms with van der Waals surface area (Å²) in [7, 11) is -4.45. The van der Waals surface area contributed by atoms with Crippen LogP contribution < -0.4 is 0 Å². The number of carbonyl (C=O) groups excluding carboxylic acids is 1. The quantitative estimate of drug-likeness (QED) is 0.0728. The Morgan fingerprint density at radius 3 is 1.79 bits per heavy atom. The van der Waals surface area contributed by atoms with Crippen LogP contribution in [-0.4, -0.2) is 47.0 Å². The number of hydrogen-bond donors (Lipinski definition) is 1. The molecule has 0 aliphatic heterocycles. The summed E-state index contributed by atoms with van der Waals surface area (Å²) in [5, 5.41) is 0.581. The maximum Gasteiger partial charge on any atom is 0.435 e. The standard InChI is InChI=1S/C30H61O6PS/c1-6-8-10-12-14-15-16-17-19-21-25-38-29(22-20-18-13-11-9-7-2)23-24-34-28(5)26-35-37(32,33)30(31)36-27(3)4/h27-29H,6-26H2,1-5H3,(H,32,33). The van der Waals surface area contributed by atoms with E-state index in [2.05, 4.69) is 25.6 Å². The highest BCUT2D eigenvalue weighted by Crippen LogP contribution is 2.44. The average Bonchev–Trinajstić information content (AvgIpc) is 2.87. The molecule has 0 rings (SSSR count). The van der Waals surface area contributed by atoms with Crippen LogP contribution in [-0.2, 0) is 18.6 Å². The molecule has 0 fully saturated rings. The van der Waals surface area contributed by atoms with Crippen molar-refractivity contribution in [3.63, 3.8) is 0 Å². The first kappa shape index (κ1) is 37.9. The van der Waals surface area contributed by atoms with Gasteiger partial charge in [0.25, 0.3) is 0 Å². The van der Waals surface area contributed by atoms with Crippen molar-refractivity contribution in [2.75, 3.05) is 19.0 Å². The van der Waals surface area contributed by atoms with Gasteiger partial charge in [-0.2, -0.15) is 11.8 Å². The molecule has 0 bridgehead atoms. The van der Waals surface area contributed by atoms with Crippen molar-refractivity contribution < 1.29 is 28.3 Å². The third kappa shape index (κ3) is 23.8. The van der Waals surface area contributed by atoms with E-state index in [0.29, 0.717) is 11.9 Å². The predicted molar refractivity (Wildman–Crippen MR) is 164 cm³/mol.